The van der Waals surface area contributed by atoms with Gasteiger partial charge in [0.25, 0.3) is 6.01 Å². The summed E-state index contributed by atoms with van der Waals surface area (Å²) < 4.78 is 22.5. The van der Waals surface area contributed by atoms with Crippen LogP contribution in [0.3, 0.4) is 0 Å². The summed E-state index contributed by atoms with van der Waals surface area (Å²) in [6, 6.07) is 1.95. The molecule has 0 radical (unpaired) electrons. The molecule has 0 bridgehead atoms. The minimum Gasteiger partial charge on any atom is -0.458 e. The van der Waals surface area contributed by atoms with Crippen molar-refractivity contribution in [2.24, 2.45) is 0 Å². The SMILES string of the molecule is CC.CCC(C)OC(=O)c1cc2oc(F)cc2[nH]1. The summed E-state index contributed by atoms with van der Waals surface area (Å²) >= 11 is 0. The molecule has 0 aliphatic heterocycles. The van der Waals surface area contributed by atoms with Crippen molar-refractivity contribution in [1.82, 2.24) is 4.98 Å². The van der Waals surface area contributed by atoms with Gasteiger partial charge in [0.2, 0.25) is 0 Å². The molecular formula is C13H18FNO3. The van der Waals surface area contributed by atoms with Gasteiger partial charge in [-0.2, -0.15) is 4.39 Å². The number of fused-ring (bicyclic) bond motifs is 1. The van der Waals surface area contributed by atoms with Gasteiger partial charge in [0, 0.05) is 12.1 Å². The molecule has 0 saturated heterocycles. The van der Waals surface area contributed by atoms with E-state index in [0.717, 1.165) is 6.42 Å². The van der Waals surface area contributed by atoms with E-state index < -0.39 is 12.0 Å². The zero-order valence-electron chi connectivity index (χ0n) is 11.0. The maximum atomic E-state index is 12.6. The van der Waals surface area contributed by atoms with Crippen molar-refractivity contribution in [1.29, 1.82) is 0 Å². The standard InChI is InChI=1S/C11H12FNO3.C2H6/c1-3-6(2)15-11(14)8-4-9-7(13-8)5-10(12)16-9;1-2/h4-6,13H,3H2,1-2H3;1-2H3. The number of nitrogens with one attached hydrogen (secondary N) is 1. The first-order chi connectivity index (χ1) is 8.60. The molecular weight excluding hydrogens is 237 g/mol. The van der Waals surface area contributed by atoms with E-state index in [9.17, 15) is 9.18 Å². The Balaban J connectivity index is 0.000000771. The Kier molecular flexibility index (Phi) is 4.95. The molecule has 2 aromatic rings. The van der Waals surface area contributed by atoms with Gasteiger partial charge in [0.05, 0.1) is 11.6 Å². The summed E-state index contributed by atoms with van der Waals surface area (Å²) in [5, 5.41) is 0. The highest BCUT2D eigenvalue weighted by molar-refractivity contribution is 5.93. The number of esters is 1. The highest BCUT2D eigenvalue weighted by Crippen LogP contribution is 2.19. The number of rotatable bonds is 3. The first-order valence-electron chi connectivity index (χ1n) is 6.09. The molecule has 0 amide bonds. The van der Waals surface area contributed by atoms with Crippen molar-refractivity contribution >= 4 is 17.1 Å². The topological polar surface area (TPSA) is 55.2 Å². The number of ether oxygens (including phenoxy) is 1. The number of halogens is 1. The van der Waals surface area contributed by atoms with E-state index in [2.05, 4.69) is 4.98 Å². The predicted molar refractivity (Wildman–Crippen MR) is 67.0 cm³/mol. The van der Waals surface area contributed by atoms with Crippen molar-refractivity contribution < 1.29 is 18.3 Å². The van der Waals surface area contributed by atoms with Crippen molar-refractivity contribution in [2.75, 3.05) is 0 Å². The van der Waals surface area contributed by atoms with Crippen LogP contribution < -0.4 is 0 Å². The second-order valence-corrected chi connectivity index (χ2v) is 3.64. The Morgan fingerprint density at radius 1 is 1.50 bits per heavy atom. The van der Waals surface area contributed by atoms with Gasteiger partial charge in [-0.25, -0.2) is 4.79 Å². The molecule has 2 aromatic heterocycles. The van der Waals surface area contributed by atoms with Gasteiger partial charge < -0.3 is 14.1 Å². The maximum absolute atomic E-state index is 12.6. The highest BCUT2D eigenvalue weighted by atomic mass is 19.1. The van der Waals surface area contributed by atoms with Crippen LogP contribution >= 0.6 is 0 Å². The number of hydrogen-bond donors (Lipinski definition) is 1. The number of H-pyrrole nitrogens is 1. The number of aromatic nitrogens is 1. The van der Waals surface area contributed by atoms with Crippen molar-refractivity contribution in [3.05, 3.63) is 23.8 Å². The van der Waals surface area contributed by atoms with E-state index in [1.54, 1.807) is 0 Å². The lowest BCUT2D eigenvalue weighted by Crippen LogP contribution is -2.14. The Morgan fingerprint density at radius 2 is 2.17 bits per heavy atom. The molecule has 1 atom stereocenters. The minimum absolute atomic E-state index is 0.140. The summed E-state index contributed by atoms with van der Waals surface area (Å²) in [5.74, 6) is -0.457. The normalized spacial score (nSPS) is 11.8. The number of hydrogen-bond acceptors (Lipinski definition) is 3. The van der Waals surface area contributed by atoms with Crippen LogP contribution in [0.1, 0.15) is 44.6 Å². The van der Waals surface area contributed by atoms with Crippen LogP contribution in [0, 0.1) is 6.01 Å². The van der Waals surface area contributed by atoms with Gasteiger partial charge in [-0.15, -0.1) is 0 Å². The molecule has 0 aliphatic rings. The van der Waals surface area contributed by atoms with Crippen LogP contribution in [0.5, 0.6) is 0 Å². The maximum Gasteiger partial charge on any atom is 0.355 e. The third kappa shape index (κ3) is 3.12. The van der Waals surface area contributed by atoms with E-state index in [1.807, 2.05) is 27.7 Å². The molecule has 0 aliphatic carbocycles. The van der Waals surface area contributed by atoms with Gasteiger partial charge >= 0.3 is 5.97 Å². The first-order valence-corrected chi connectivity index (χ1v) is 6.09. The summed E-state index contributed by atoms with van der Waals surface area (Å²) in [5.41, 5.74) is 1.04. The average Bonchev–Trinajstić information content (AvgIpc) is 2.88. The van der Waals surface area contributed by atoms with E-state index in [4.69, 9.17) is 9.15 Å². The first kappa shape index (κ1) is 14.3. The number of aromatic amines is 1. The van der Waals surface area contributed by atoms with Crippen molar-refractivity contribution in [3.63, 3.8) is 0 Å². The Labute approximate surface area is 105 Å². The Morgan fingerprint density at radius 3 is 2.72 bits per heavy atom. The fraction of sp³-hybridized carbons (Fsp3) is 0.462. The summed E-state index contributed by atoms with van der Waals surface area (Å²) in [4.78, 5) is 14.3. The van der Waals surface area contributed by atoms with E-state index in [1.165, 1.54) is 12.1 Å². The average molecular weight is 255 g/mol. The molecule has 0 fully saturated rings. The quantitative estimate of drug-likeness (QED) is 0.847. The molecule has 18 heavy (non-hydrogen) atoms. The molecule has 2 rings (SSSR count). The van der Waals surface area contributed by atoms with Crippen LogP contribution in [0.4, 0.5) is 4.39 Å². The van der Waals surface area contributed by atoms with E-state index >= 15 is 0 Å². The van der Waals surface area contributed by atoms with Crippen LogP contribution in [0.25, 0.3) is 11.1 Å². The fourth-order valence-electron chi connectivity index (χ4n) is 1.33. The molecule has 1 N–H and O–H groups in total. The van der Waals surface area contributed by atoms with Crippen LogP contribution in [-0.2, 0) is 4.74 Å². The molecule has 4 nitrogen and oxygen atoms in total. The molecule has 0 saturated carbocycles. The molecule has 5 heteroatoms. The third-order valence-corrected chi connectivity index (χ3v) is 2.38. The van der Waals surface area contributed by atoms with E-state index in [-0.39, 0.29) is 11.8 Å². The Bertz CT molecular complexity index is 484. The molecule has 0 aromatic carbocycles. The highest BCUT2D eigenvalue weighted by Gasteiger charge is 2.15. The monoisotopic (exact) mass is 255 g/mol. The van der Waals surface area contributed by atoms with Gasteiger partial charge in [-0.1, -0.05) is 20.8 Å². The summed E-state index contributed by atoms with van der Waals surface area (Å²) in [6.45, 7) is 7.73. The Hall–Kier alpha value is -1.78. The number of carbonyl (C=O) groups is 1. The van der Waals surface area contributed by atoms with Gasteiger partial charge in [-0.05, 0) is 13.3 Å². The molecule has 0 spiro atoms. The molecule has 2 heterocycles. The number of carbonyl (C=O) groups excluding carboxylic acids is 1. The lowest BCUT2D eigenvalue weighted by Gasteiger charge is -2.09. The largest absolute Gasteiger partial charge is 0.458 e. The summed E-state index contributed by atoms with van der Waals surface area (Å²) in [7, 11) is 0. The summed E-state index contributed by atoms with van der Waals surface area (Å²) in [6.07, 6.45) is 0.607. The lowest BCUT2D eigenvalue weighted by atomic mass is 10.3. The third-order valence-electron chi connectivity index (χ3n) is 2.38. The lowest BCUT2D eigenvalue weighted by molar-refractivity contribution is 0.0328. The zero-order valence-corrected chi connectivity index (χ0v) is 11.0. The smallest absolute Gasteiger partial charge is 0.355 e. The van der Waals surface area contributed by atoms with Crippen molar-refractivity contribution in [2.45, 2.75) is 40.2 Å². The predicted octanol–water partition coefficient (Wildman–Crippen LogP) is 3.88. The van der Waals surface area contributed by atoms with Crippen LogP contribution in [0.15, 0.2) is 16.5 Å². The minimum atomic E-state index is -0.678. The van der Waals surface area contributed by atoms with E-state index in [0.29, 0.717) is 11.1 Å². The molecule has 1 unspecified atom stereocenters. The van der Waals surface area contributed by atoms with Gasteiger partial charge in [0.15, 0.2) is 5.58 Å². The second kappa shape index (κ2) is 6.23. The zero-order chi connectivity index (χ0) is 13.7. The van der Waals surface area contributed by atoms with Crippen LogP contribution in [-0.4, -0.2) is 17.1 Å². The van der Waals surface area contributed by atoms with Gasteiger partial charge in [-0.3, -0.25) is 0 Å². The molecule has 100 valence electrons. The number of furan rings is 1. The second-order valence-electron chi connectivity index (χ2n) is 3.64. The van der Waals surface area contributed by atoms with Crippen LogP contribution in [0.2, 0.25) is 0 Å². The fourth-order valence-corrected chi connectivity index (χ4v) is 1.33. The van der Waals surface area contributed by atoms with Gasteiger partial charge in [0.1, 0.15) is 5.69 Å². The van der Waals surface area contributed by atoms with Crippen molar-refractivity contribution in [3.8, 4) is 0 Å².